The van der Waals surface area contributed by atoms with Crippen molar-refractivity contribution in [1.82, 2.24) is 19.3 Å². The molecule has 2 rings (SSSR count). The van der Waals surface area contributed by atoms with Crippen LogP contribution in [0, 0.1) is 0 Å². The minimum Gasteiger partial charge on any atom is -0.369 e. The zero-order valence-corrected chi connectivity index (χ0v) is 8.31. The van der Waals surface area contributed by atoms with E-state index in [9.17, 15) is 0 Å². The fourth-order valence-corrected chi connectivity index (χ4v) is 1.49. The molecule has 2 N–H and O–H groups in total. The predicted molar refractivity (Wildman–Crippen MR) is 54.1 cm³/mol. The van der Waals surface area contributed by atoms with Crippen LogP contribution in [0.5, 0.6) is 0 Å². The van der Waals surface area contributed by atoms with Gasteiger partial charge in [0.25, 0.3) is 0 Å². The number of hydrogen-bond acceptors (Lipinski definition) is 3. The quantitative estimate of drug-likeness (QED) is 0.762. The van der Waals surface area contributed by atoms with Gasteiger partial charge in [0.2, 0.25) is 5.95 Å². The SMILES string of the molecule is CCc1nn(C)cc1-n1ccnc1N. The fraction of sp³-hybridized carbons (Fsp3) is 0.333. The lowest BCUT2D eigenvalue weighted by molar-refractivity contribution is 0.746. The molecule has 0 aliphatic heterocycles. The average Bonchev–Trinajstić information content (AvgIpc) is 2.71. The molecular weight excluding hydrogens is 178 g/mol. The number of anilines is 1. The van der Waals surface area contributed by atoms with Crippen molar-refractivity contribution in [2.24, 2.45) is 7.05 Å². The van der Waals surface area contributed by atoms with E-state index >= 15 is 0 Å². The highest BCUT2D eigenvalue weighted by molar-refractivity contribution is 5.41. The first kappa shape index (κ1) is 8.80. The summed E-state index contributed by atoms with van der Waals surface area (Å²) >= 11 is 0. The van der Waals surface area contributed by atoms with Gasteiger partial charge in [0.05, 0.1) is 11.4 Å². The molecule has 0 saturated carbocycles. The van der Waals surface area contributed by atoms with Gasteiger partial charge in [0.1, 0.15) is 0 Å². The van der Waals surface area contributed by atoms with Gasteiger partial charge in [-0.1, -0.05) is 6.92 Å². The number of nitrogens with zero attached hydrogens (tertiary/aromatic N) is 4. The molecule has 5 nitrogen and oxygen atoms in total. The van der Waals surface area contributed by atoms with Crippen LogP contribution in [0.3, 0.4) is 0 Å². The van der Waals surface area contributed by atoms with Crippen molar-refractivity contribution in [3.63, 3.8) is 0 Å². The van der Waals surface area contributed by atoms with Gasteiger partial charge in [-0.2, -0.15) is 5.10 Å². The molecular formula is C9H13N5. The Kier molecular flexibility index (Phi) is 1.99. The van der Waals surface area contributed by atoms with Crippen molar-refractivity contribution in [3.8, 4) is 5.69 Å². The van der Waals surface area contributed by atoms with Crippen LogP contribution in [-0.4, -0.2) is 19.3 Å². The topological polar surface area (TPSA) is 61.7 Å². The first-order valence-corrected chi connectivity index (χ1v) is 4.54. The van der Waals surface area contributed by atoms with Crippen LogP contribution >= 0.6 is 0 Å². The zero-order valence-electron chi connectivity index (χ0n) is 8.31. The lowest BCUT2D eigenvalue weighted by Crippen LogP contribution is -2.01. The Morgan fingerprint density at radius 3 is 2.86 bits per heavy atom. The molecule has 0 amide bonds. The highest BCUT2D eigenvalue weighted by Gasteiger charge is 2.09. The Labute approximate surface area is 82.2 Å². The second-order valence-electron chi connectivity index (χ2n) is 3.14. The molecule has 0 aromatic carbocycles. The molecule has 2 aromatic rings. The number of rotatable bonds is 2. The summed E-state index contributed by atoms with van der Waals surface area (Å²) in [6.07, 6.45) is 6.35. The van der Waals surface area contributed by atoms with E-state index in [4.69, 9.17) is 5.73 Å². The monoisotopic (exact) mass is 191 g/mol. The Morgan fingerprint density at radius 2 is 2.29 bits per heavy atom. The van der Waals surface area contributed by atoms with Crippen molar-refractivity contribution in [2.45, 2.75) is 13.3 Å². The van der Waals surface area contributed by atoms with Crippen LogP contribution in [0.2, 0.25) is 0 Å². The standard InChI is InChI=1S/C9H13N5/c1-3-7-8(6-13(2)12-7)14-5-4-11-9(14)10/h4-6H,3H2,1-2H3,(H2,10,11). The maximum Gasteiger partial charge on any atom is 0.204 e. The van der Waals surface area contributed by atoms with E-state index in [1.807, 2.05) is 24.0 Å². The molecule has 0 bridgehead atoms. The van der Waals surface area contributed by atoms with E-state index in [0.717, 1.165) is 17.8 Å². The first-order chi connectivity index (χ1) is 6.72. The van der Waals surface area contributed by atoms with Crippen LogP contribution in [0.1, 0.15) is 12.6 Å². The smallest absolute Gasteiger partial charge is 0.204 e. The molecule has 0 radical (unpaired) electrons. The number of aromatic nitrogens is 4. The molecule has 0 saturated heterocycles. The van der Waals surface area contributed by atoms with E-state index < -0.39 is 0 Å². The summed E-state index contributed by atoms with van der Waals surface area (Å²) in [5.41, 5.74) is 7.75. The number of nitrogens with two attached hydrogens (primary N) is 1. The van der Waals surface area contributed by atoms with Crippen molar-refractivity contribution in [1.29, 1.82) is 0 Å². The molecule has 0 aliphatic rings. The summed E-state index contributed by atoms with van der Waals surface area (Å²) in [5.74, 6) is 0.493. The predicted octanol–water partition coefficient (Wildman–Crippen LogP) is 0.750. The third-order valence-corrected chi connectivity index (χ3v) is 2.15. The first-order valence-electron chi connectivity index (χ1n) is 4.54. The molecule has 74 valence electrons. The van der Waals surface area contributed by atoms with Crippen LogP contribution in [0.4, 0.5) is 5.95 Å². The van der Waals surface area contributed by atoms with Gasteiger partial charge in [-0.05, 0) is 6.42 Å². The average molecular weight is 191 g/mol. The lowest BCUT2D eigenvalue weighted by Gasteiger charge is -2.01. The van der Waals surface area contributed by atoms with Crippen molar-refractivity contribution in [2.75, 3.05) is 5.73 Å². The molecule has 2 aromatic heterocycles. The number of aryl methyl sites for hydroxylation is 2. The molecule has 0 spiro atoms. The third kappa shape index (κ3) is 1.26. The van der Waals surface area contributed by atoms with Crippen LogP contribution in [0.15, 0.2) is 18.6 Å². The van der Waals surface area contributed by atoms with Gasteiger partial charge < -0.3 is 5.73 Å². The van der Waals surface area contributed by atoms with E-state index in [0.29, 0.717) is 5.95 Å². The Bertz CT molecular complexity index is 440. The fourth-order valence-electron chi connectivity index (χ4n) is 1.49. The molecule has 5 heteroatoms. The number of imidazole rings is 1. The summed E-state index contributed by atoms with van der Waals surface area (Å²) in [4.78, 5) is 3.98. The molecule has 0 aliphatic carbocycles. The van der Waals surface area contributed by atoms with E-state index in [1.165, 1.54) is 0 Å². The van der Waals surface area contributed by atoms with Crippen molar-refractivity contribution in [3.05, 3.63) is 24.3 Å². The van der Waals surface area contributed by atoms with Gasteiger partial charge in [-0.3, -0.25) is 9.25 Å². The van der Waals surface area contributed by atoms with Gasteiger partial charge in [-0.25, -0.2) is 4.98 Å². The summed E-state index contributed by atoms with van der Waals surface area (Å²) in [6.45, 7) is 2.07. The number of nitrogen functional groups attached to an aromatic ring is 1. The van der Waals surface area contributed by atoms with Gasteiger partial charge in [0, 0.05) is 25.6 Å². The summed E-state index contributed by atoms with van der Waals surface area (Å²) in [6, 6.07) is 0. The minimum atomic E-state index is 0.493. The second-order valence-corrected chi connectivity index (χ2v) is 3.14. The van der Waals surface area contributed by atoms with Crippen LogP contribution in [-0.2, 0) is 13.5 Å². The van der Waals surface area contributed by atoms with Gasteiger partial charge in [0.15, 0.2) is 0 Å². The Hall–Kier alpha value is -1.78. The van der Waals surface area contributed by atoms with Gasteiger partial charge >= 0.3 is 0 Å². The Balaban J connectivity index is 2.55. The number of hydrogen-bond donors (Lipinski definition) is 1. The molecule has 14 heavy (non-hydrogen) atoms. The lowest BCUT2D eigenvalue weighted by atomic mass is 10.3. The molecule has 0 fully saturated rings. The maximum atomic E-state index is 5.72. The molecule has 0 atom stereocenters. The van der Waals surface area contributed by atoms with E-state index in [-0.39, 0.29) is 0 Å². The normalized spacial score (nSPS) is 10.7. The highest BCUT2D eigenvalue weighted by Crippen LogP contribution is 2.16. The van der Waals surface area contributed by atoms with Crippen LogP contribution < -0.4 is 5.73 Å². The zero-order chi connectivity index (χ0) is 10.1. The van der Waals surface area contributed by atoms with Crippen molar-refractivity contribution < 1.29 is 0 Å². The second kappa shape index (κ2) is 3.17. The summed E-state index contributed by atoms with van der Waals surface area (Å²) in [5, 5.41) is 4.34. The minimum absolute atomic E-state index is 0.493. The third-order valence-electron chi connectivity index (χ3n) is 2.15. The van der Waals surface area contributed by atoms with E-state index in [2.05, 4.69) is 17.0 Å². The van der Waals surface area contributed by atoms with Gasteiger partial charge in [-0.15, -0.1) is 0 Å². The maximum absolute atomic E-state index is 5.72. The molecule has 2 heterocycles. The van der Waals surface area contributed by atoms with Crippen molar-refractivity contribution >= 4 is 5.95 Å². The van der Waals surface area contributed by atoms with E-state index in [1.54, 1.807) is 10.9 Å². The highest BCUT2D eigenvalue weighted by atomic mass is 15.3. The summed E-state index contributed by atoms with van der Waals surface area (Å²) in [7, 11) is 1.90. The Morgan fingerprint density at radius 1 is 1.50 bits per heavy atom. The largest absolute Gasteiger partial charge is 0.369 e. The summed E-state index contributed by atoms with van der Waals surface area (Å²) < 4.78 is 3.62. The molecule has 0 unspecified atom stereocenters. The van der Waals surface area contributed by atoms with Crippen LogP contribution in [0.25, 0.3) is 5.69 Å².